The van der Waals surface area contributed by atoms with Crippen LogP contribution in [-0.2, 0) is 11.3 Å². The molecule has 0 atom stereocenters. The number of carbonyl (C=O) groups excluding carboxylic acids is 1. The van der Waals surface area contributed by atoms with Crippen LogP contribution in [0.5, 0.6) is 5.75 Å². The molecule has 0 saturated carbocycles. The Morgan fingerprint density at radius 1 is 1.27 bits per heavy atom. The highest BCUT2D eigenvalue weighted by Crippen LogP contribution is 2.16. The minimum atomic E-state index is -0.413. The summed E-state index contributed by atoms with van der Waals surface area (Å²) in [5.41, 5.74) is 0.977. The maximum absolute atomic E-state index is 11.5. The average Bonchev–Trinajstić information content (AvgIpc) is 2.95. The van der Waals surface area contributed by atoms with E-state index in [1.807, 2.05) is 0 Å². The van der Waals surface area contributed by atoms with Gasteiger partial charge in [-0.3, -0.25) is 0 Å². The summed E-state index contributed by atoms with van der Waals surface area (Å²) < 4.78 is 11.8. The van der Waals surface area contributed by atoms with E-state index in [9.17, 15) is 4.79 Å². The van der Waals surface area contributed by atoms with Crippen molar-refractivity contribution in [3.05, 3.63) is 59.0 Å². The van der Waals surface area contributed by atoms with Crippen molar-refractivity contribution in [3.63, 3.8) is 0 Å². The van der Waals surface area contributed by atoms with Gasteiger partial charge in [0.25, 0.3) is 0 Å². The first-order valence-corrected chi connectivity index (χ1v) is 6.85. The van der Waals surface area contributed by atoms with Crippen LogP contribution in [0.4, 0.5) is 0 Å². The van der Waals surface area contributed by atoms with Crippen LogP contribution in [0.1, 0.15) is 16.2 Å². The summed E-state index contributed by atoms with van der Waals surface area (Å²) in [6.45, 7) is 0.219. The minimum Gasteiger partial charge on any atom is -0.486 e. The van der Waals surface area contributed by atoms with Crippen LogP contribution < -0.4 is 4.74 Å². The maximum Gasteiger partial charge on any atom is 0.338 e. The number of hydrogen-bond acceptors (Lipinski definition) is 5. The Labute approximate surface area is 131 Å². The molecule has 0 saturated heterocycles. The van der Waals surface area contributed by atoms with Crippen molar-refractivity contribution >= 4 is 23.2 Å². The van der Waals surface area contributed by atoms with Crippen molar-refractivity contribution < 1.29 is 14.3 Å². The molecule has 2 aromatic heterocycles. The van der Waals surface area contributed by atoms with Crippen LogP contribution in [0.15, 0.2) is 42.6 Å². The number of pyridine rings is 1. The zero-order valence-electron chi connectivity index (χ0n) is 11.7. The van der Waals surface area contributed by atoms with E-state index in [2.05, 4.69) is 14.8 Å². The second-order valence-corrected chi connectivity index (χ2v) is 4.92. The molecule has 0 aliphatic heterocycles. The molecule has 112 valence electrons. The van der Waals surface area contributed by atoms with Crippen LogP contribution in [0.2, 0.25) is 5.02 Å². The van der Waals surface area contributed by atoms with Gasteiger partial charge in [0.2, 0.25) is 0 Å². The Morgan fingerprint density at radius 3 is 2.77 bits per heavy atom. The predicted molar refractivity (Wildman–Crippen MR) is 80.1 cm³/mol. The number of methoxy groups -OCH3 is 1. The molecular formula is C15H12ClN3O3. The zero-order chi connectivity index (χ0) is 15.5. The van der Waals surface area contributed by atoms with E-state index in [-0.39, 0.29) is 6.61 Å². The van der Waals surface area contributed by atoms with E-state index in [1.165, 1.54) is 7.11 Å². The standard InChI is InChI=1S/C15H12ClN3O3/c1-21-15(20)10-6-7-19-14(8-10)17-13(18-19)9-22-12-4-2-11(16)3-5-12/h2-8H,9H2,1H3. The van der Waals surface area contributed by atoms with E-state index < -0.39 is 5.97 Å². The van der Waals surface area contributed by atoms with Crippen molar-refractivity contribution in [1.82, 2.24) is 14.6 Å². The first-order valence-electron chi connectivity index (χ1n) is 6.48. The van der Waals surface area contributed by atoms with Gasteiger partial charge in [0, 0.05) is 11.2 Å². The molecule has 7 heteroatoms. The van der Waals surface area contributed by atoms with Crippen molar-refractivity contribution in [2.24, 2.45) is 0 Å². The Morgan fingerprint density at radius 2 is 2.05 bits per heavy atom. The van der Waals surface area contributed by atoms with E-state index in [1.54, 1.807) is 47.1 Å². The third-order valence-corrected chi connectivity index (χ3v) is 3.24. The summed E-state index contributed by atoms with van der Waals surface area (Å²) in [7, 11) is 1.34. The second kappa shape index (κ2) is 6.03. The van der Waals surface area contributed by atoms with Gasteiger partial charge in [0.05, 0.1) is 12.7 Å². The van der Waals surface area contributed by atoms with Gasteiger partial charge < -0.3 is 9.47 Å². The topological polar surface area (TPSA) is 65.7 Å². The molecule has 2 heterocycles. The number of fused-ring (bicyclic) bond motifs is 1. The number of ether oxygens (including phenoxy) is 2. The largest absolute Gasteiger partial charge is 0.486 e. The Bertz CT molecular complexity index is 815. The SMILES string of the molecule is COC(=O)c1ccn2nc(COc3ccc(Cl)cc3)nc2c1. The first-order chi connectivity index (χ1) is 10.7. The van der Waals surface area contributed by atoms with Crippen LogP contribution in [0.25, 0.3) is 5.65 Å². The number of hydrogen-bond donors (Lipinski definition) is 0. The monoisotopic (exact) mass is 317 g/mol. The van der Waals surface area contributed by atoms with Gasteiger partial charge >= 0.3 is 5.97 Å². The summed E-state index contributed by atoms with van der Waals surface area (Å²) in [5, 5.41) is 4.92. The lowest BCUT2D eigenvalue weighted by Crippen LogP contribution is -2.02. The summed E-state index contributed by atoms with van der Waals surface area (Å²) in [4.78, 5) is 15.8. The normalized spacial score (nSPS) is 10.6. The number of esters is 1. The van der Waals surface area contributed by atoms with Crippen LogP contribution in [-0.4, -0.2) is 27.7 Å². The van der Waals surface area contributed by atoms with Crippen molar-refractivity contribution in [1.29, 1.82) is 0 Å². The molecule has 0 radical (unpaired) electrons. The van der Waals surface area contributed by atoms with Crippen LogP contribution >= 0.6 is 11.6 Å². The van der Waals surface area contributed by atoms with Crippen molar-refractivity contribution in [3.8, 4) is 5.75 Å². The van der Waals surface area contributed by atoms with Gasteiger partial charge in [0.15, 0.2) is 11.5 Å². The third-order valence-electron chi connectivity index (χ3n) is 2.98. The highest BCUT2D eigenvalue weighted by atomic mass is 35.5. The lowest BCUT2D eigenvalue weighted by molar-refractivity contribution is 0.0600. The van der Waals surface area contributed by atoms with Crippen LogP contribution in [0.3, 0.4) is 0 Å². The van der Waals surface area contributed by atoms with Crippen molar-refractivity contribution in [2.75, 3.05) is 7.11 Å². The van der Waals surface area contributed by atoms with Gasteiger partial charge in [0.1, 0.15) is 12.4 Å². The molecule has 1 aromatic carbocycles. The summed E-state index contributed by atoms with van der Waals surface area (Å²) in [6, 6.07) is 10.3. The second-order valence-electron chi connectivity index (χ2n) is 4.48. The molecule has 3 aromatic rings. The minimum absolute atomic E-state index is 0.219. The molecule has 3 rings (SSSR count). The molecule has 0 aliphatic carbocycles. The molecule has 0 fully saturated rings. The molecule has 0 N–H and O–H groups in total. The molecule has 22 heavy (non-hydrogen) atoms. The number of benzene rings is 1. The fourth-order valence-corrected chi connectivity index (χ4v) is 2.04. The molecule has 0 bridgehead atoms. The molecule has 0 aliphatic rings. The van der Waals surface area contributed by atoms with Crippen molar-refractivity contribution in [2.45, 2.75) is 6.61 Å². The highest BCUT2D eigenvalue weighted by Gasteiger charge is 2.09. The van der Waals surface area contributed by atoms with Gasteiger partial charge in [-0.25, -0.2) is 14.3 Å². The van der Waals surface area contributed by atoms with Gasteiger partial charge in [-0.05, 0) is 36.4 Å². The van der Waals surface area contributed by atoms with E-state index in [0.29, 0.717) is 27.8 Å². The Balaban J connectivity index is 1.77. The summed E-state index contributed by atoms with van der Waals surface area (Å²) >= 11 is 5.81. The smallest absolute Gasteiger partial charge is 0.338 e. The first kappa shape index (κ1) is 14.3. The Kier molecular flexibility index (Phi) is 3.93. The number of aromatic nitrogens is 3. The van der Waals surface area contributed by atoms with Gasteiger partial charge in [-0.15, -0.1) is 5.10 Å². The summed E-state index contributed by atoms with van der Waals surface area (Å²) in [6.07, 6.45) is 1.65. The van der Waals surface area contributed by atoms with Gasteiger partial charge in [-0.1, -0.05) is 11.6 Å². The lowest BCUT2D eigenvalue weighted by atomic mass is 10.3. The Hall–Kier alpha value is -2.60. The number of rotatable bonds is 4. The van der Waals surface area contributed by atoms with Crippen LogP contribution in [0, 0.1) is 0 Å². The quantitative estimate of drug-likeness (QED) is 0.692. The lowest BCUT2D eigenvalue weighted by Gasteiger charge is -2.02. The summed E-state index contributed by atoms with van der Waals surface area (Å²) in [5.74, 6) is 0.778. The molecule has 0 unspecified atom stereocenters. The number of nitrogens with zero attached hydrogens (tertiary/aromatic N) is 3. The fourth-order valence-electron chi connectivity index (χ4n) is 1.91. The van der Waals surface area contributed by atoms with E-state index in [0.717, 1.165) is 0 Å². The molecule has 0 spiro atoms. The zero-order valence-corrected chi connectivity index (χ0v) is 12.4. The fraction of sp³-hybridized carbons (Fsp3) is 0.133. The maximum atomic E-state index is 11.5. The van der Waals surface area contributed by atoms with E-state index >= 15 is 0 Å². The highest BCUT2D eigenvalue weighted by molar-refractivity contribution is 6.30. The molecular weight excluding hydrogens is 306 g/mol. The van der Waals surface area contributed by atoms with E-state index in [4.69, 9.17) is 16.3 Å². The molecule has 0 amide bonds. The predicted octanol–water partition coefficient (Wildman–Crippen LogP) is 2.75. The number of carbonyl (C=O) groups is 1. The average molecular weight is 318 g/mol. The third kappa shape index (κ3) is 3.01. The molecule has 6 nitrogen and oxygen atoms in total. The van der Waals surface area contributed by atoms with Gasteiger partial charge in [-0.2, -0.15) is 0 Å². The number of halogens is 1.